The molecule has 0 bridgehead atoms. The van der Waals surface area contributed by atoms with Crippen LogP contribution in [0.1, 0.15) is 44.2 Å². The zero-order valence-corrected chi connectivity index (χ0v) is 22.0. The number of rotatable bonds is 8. The summed E-state index contributed by atoms with van der Waals surface area (Å²) >= 11 is 0. The number of aromatic nitrogens is 1. The molecule has 7 heteroatoms. The van der Waals surface area contributed by atoms with Gasteiger partial charge in [-0.15, -0.1) is 24.0 Å². The van der Waals surface area contributed by atoms with Crippen LogP contribution in [0, 0.1) is 5.92 Å². The van der Waals surface area contributed by atoms with Crippen molar-refractivity contribution in [2.75, 3.05) is 45.9 Å². The number of fused-ring (bicyclic) bond motifs is 1. The first kappa shape index (κ1) is 25.3. The van der Waals surface area contributed by atoms with Crippen molar-refractivity contribution in [3.05, 3.63) is 35.5 Å². The quantitative estimate of drug-likeness (QED) is 0.263. The summed E-state index contributed by atoms with van der Waals surface area (Å²) in [5, 5.41) is 8.46. The van der Waals surface area contributed by atoms with E-state index in [1.165, 1.54) is 60.9 Å². The Bertz CT molecular complexity index is 853. The van der Waals surface area contributed by atoms with Gasteiger partial charge in [0, 0.05) is 62.5 Å². The van der Waals surface area contributed by atoms with Crippen molar-refractivity contribution in [1.82, 2.24) is 20.5 Å². The monoisotopic (exact) mass is 553 g/mol. The molecule has 2 fully saturated rings. The number of nitrogens with one attached hydrogen (secondary N) is 3. The minimum absolute atomic E-state index is 0. The Labute approximate surface area is 210 Å². The summed E-state index contributed by atoms with van der Waals surface area (Å²) in [6, 6.07) is 7.10. The first-order valence-corrected chi connectivity index (χ1v) is 12.2. The van der Waals surface area contributed by atoms with Gasteiger partial charge in [0.1, 0.15) is 0 Å². The second kappa shape index (κ2) is 12.8. The van der Waals surface area contributed by atoms with E-state index in [9.17, 15) is 0 Å². The van der Waals surface area contributed by atoms with E-state index in [0.717, 1.165) is 51.0 Å². The molecule has 1 aromatic carbocycles. The maximum absolute atomic E-state index is 5.53. The van der Waals surface area contributed by atoms with Crippen LogP contribution < -0.4 is 10.6 Å². The number of guanidine groups is 1. The average Bonchev–Trinajstić information content (AvgIpc) is 3.45. The van der Waals surface area contributed by atoms with E-state index in [2.05, 4.69) is 58.8 Å². The number of halogens is 1. The predicted molar refractivity (Wildman–Crippen MR) is 144 cm³/mol. The zero-order chi connectivity index (χ0) is 21.5. The number of nitrogens with zero attached hydrogens (tertiary/aromatic N) is 2. The molecular formula is C25H40IN5O. The highest BCUT2D eigenvalue weighted by Crippen LogP contribution is 2.22. The molecule has 2 aliphatic heterocycles. The molecule has 0 radical (unpaired) electrons. The Morgan fingerprint density at radius 3 is 2.75 bits per heavy atom. The van der Waals surface area contributed by atoms with Crippen LogP contribution in [0.3, 0.4) is 0 Å². The largest absolute Gasteiger partial charge is 0.381 e. The molecule has 4 rings (SSSR count). The summed E-state index contributed by atoms with van der Waals surface area (Å²) < 4.78 is 5.53. The minimum Gasteiger partial charge on any atom is -0.381 e. The van der Waals surface area contributed by atoms with Gasteiger partial charge in [-0.05, 0) is 56.1 Å². The molecule has 3 heterocycles. The molecule has 0 spiro atoms. The smallest absolute Gasteiger partial charge is 0.191 e. The van der Waals surface area contributed by atoms with Crippen LogP contribution in [0.2, 0.25) is 0 Å². The standard InChI is InChI=1S/C25H39N5O.HI/c1-3-20-6-5-7-23-21(16-28-24(20)23)8-12-27-25(26-4-2)29-22-9-13-30(14-10-22)17-19-11-15-31-18-19;/h5-7,16,19,22,28H,3-4,8-15,17-18H2,1-2H3,(H2,26,27,29);1H. The number of piperidine rings is 1. The fourth-order valence-electron chi connectivity index (χ4n) is 4.93. The van der Waals surface area contributed by atoms with Crippen LogP contribution in [0.4, 0.5) is 0 Å². The van der Waals surface area contributed by atoms with E-state index in [0.29, 0.717) is 6.04 Å². The number of benzene rings is 1. The third-order valence-corrected chi connectivity index (χ3v) is 6.73. The van der Waals surface area contributed by atoms with E-state index in [1.807, 2.05) is 0 Å². The zero-order valence-electron chi connectivity index (χ0n) is 19.7. The van der Waals surface area contributed by atoms with E-state index >= 15 is 0 Å². The number of aliphatic imine (C=N–C) groups is 1. The SMILES string of the molecule is CCNC(=NCCc1c[nH]c2c(CC)cccc12)NC1CCN(CC2CCOC2)CC1.I. The van der Waals surface area contributed by atoms with Crippen molar-refractivity contribution in [3.63, 3.8) is 0 Å². The number of ether oxygens (including phenoxy) is 1. The van der Waals surface area contributed by atoms with Crippen molar-refractivity contribution < 1.29 is 4.74 Å². The Hall–Kier alpha value is -1.32. The van der Waals surface area contributed by atoms with Crippen LogP contribution in [0.25, 0.3) is 10.9 Å². The molecule has 3 N–H and O–H groups in total. The van der Waals surface area contributed by atoms with Crippen LogP contribution in [0.5, 0.6) is 0 Å². The number of aryl methyl sites for hydroxylation is 1. The fraction of sp³-hybridized carbons (Fsp3) is 0.640. The summed E-state index contributed by atoms with van der Waals surface area (Å²) in [6.07, 6.45) is 7.75. The summed E-state index contributed by atoms with van der Waals surface area (Å²) in [5.74, 6) is 1.69. The lowest BCUT2D eigenvalue weighted by Crippen LogP contribution is -2.49. The third-order valence-electron chi connectivity index (χ3n) is 6.73. The van der Waals surface area contributed by atoms with E-state index < -0.39 is 0 Å². The number of aromatic amines is 1. The molecule has 32 heavy (non-hydrogen) atoms. The summed E-state index contributed by atoms with van der Waals surface area (Å²) in [6.45, 7) is 11.5. The first-order chi connectivity index (χ1) is 15.3. The van der Waals surface area contributed by atoms with Gasteiger partial charge in [0.25, 0.3) is 0 Å². The molecule has 0 saturated carbocycles. The van der Waals surface area contributed by atoms with Gasteiger partial charge in [0.15, 0.2) is 5.96 Å². The molecule has 6 nitrogen and oxygen atoms in total. The highest BCUT2D eigenvalue weighted by molar-refractivity contribution is 14.0. The lowest BCUT2D eigenvalue weighted by molar-refractivity contribution is 0.150. The van der Waals surface area contributed by atoms with Gasteiger partial charge in [-0.3, -0.25) is 4.99 Å². The minimum atomic E-state index is 0. The van der Waals surface area contributed by atoms with Gasteiger partial charge in [-0.2, -0.15) is 0 Å². The van der Waals surface area contributed by atoms with Gasteiger partial charge < -0.3 is 25.3 Å². The lowest BCUT2D eigenvalue weighted by Gasteiger charge is -2.34. The Balaban J connectivity index is 0.00000289. The summed E-state index contributed by atoms with van der Waals surface area (Å²) in [4.78, 5) is 11.0. The third kappa shape index (κ3) is 6.60. The number of hydrogen-bond donors (Lipinski definition) is 3. The van der Waals surface area contributed by atoms with Gasteiger partial charge in [0.2, 0.25) is 0 Å². The van der Waals surface area contributed by atoms with Crippen LogP contribution in [0.15, 0.2) is 29.4 Å². The van der Waals surface area contributed by atoms with Crippen LogP contribution in [-0.4, -0.2) is 67.8 Å². The molecule has 2 aliphatic rings. The summed E-state index contributed by atoms with van der Waals surface area (Å²) in [5.41, 5.74) is 4.02. The summed E-state index contributed by atoms with van der Waals surface area (Å²) in [7, 11) is 0. The van der Waals surface area contributed by atoms with E-state index in [-0.39, 0.29) is 24.0 Å². The van der Waals surface area contributed by atoms with Crippen molar-refractivity contribution in [2.24, 2.45) is 10.9 Å². The fourth-order valence-corrected chi connectivity index (χ4v) is 4.93. The van der Waals surface area contributed by atoms with Gasteiger partial charge in [0.05, 0.1) is 6.61 Å². The van der Waals surface area contributed by atoms with Crippen LogP contribution >= 0.6 is 24.0 Å². The van der Waals surface area contributed by atoms with Crippen LogP contribution in [-0.2, 0) is 17.6 Å². The highest BCUT2D eigenvalue weighted by Gasteiger charge is 2.24. The number of likely N-dealkylation sites (tertiary alicyclic amines) is 1. The highest BCUT2D eigenvalue weighted by atomic mass is 127. The second-order valence-corrected chi connectivity index (χ2v) is 8.97. The van der Waals surface area contributed by atoms with E-state index in [1.54, 1.807) is 0 Å². The normalized spacial score (nSPS) is 20.4. The van der Waals surface area contributed by atoms with Gasteiger partial charge in [-0.1, -0.05) is 25.1 Å². The number of para-hydroxylation sites is 1. The Morgan fingerprint density at radius 1 is 1.19 bits per heavy atom. The molecule has 0 aliphatic carbocycles. The second-order valence-electron chi connectivity index (χ2n) is 8.97. The molecule has 2 aromatic rings. The lowest BCUT2D eigenvalue weighted by atomic mass is 10.0. The molecule has 1 aromatic heterocycles. The number of H-pyrrole nitrogens is 1. The Kier molecular flexibility index (Phi) is 10.1. The topological polar surface area (TPSA) is 64.7 Å². The molecule has 0 amide bonds. The molecule has 1 unspecified atom stereocenters. The predicted octanol–water partition coefficient (Wildman–Crippen LogP) is 3.95. The molecule has 178 valence electrons. The molecule has 2 saturated heterocycles. The van der Waals surface area contributed by atoms with Crippen molar-refractivity contribution in [1.29, 1.82) is 0 Å². The van der Waals surface area contributed by atoms with Crippen molar-refractivity contribution in [2.45, 2.75) is 52.0 Å². The van der Waals surface area contributed by atoms with E-state index in [4.69, 9.17) is 9.73 Å². The first-order valence-electron chi connectivity index (χ1n) is 12.2. The maximum Gasteiger partial charge on any atom is 0.191 e. The maximum atomic E-state index is 5.53. The molecule has 1 atom stereocenters. The van der Waals surface area contributed by atoms with Gasteiger partial charge >= 0.3 is 0 Å². The Morgan fingerprint density at radius 2 is 2.03 bits per heavy atom. The average molecular weight is 554 g/mol. The van der Waals surface area contributed by atoms with Gasteiger partial charge in [-0.25, -0.2) is 0 Å². The molecular weight excluding hydrogens is 513 g/mol. The van der Waals surface area contributed by atoms with Crippen molar-refractivity contribution in [3.8, 4) is 0 Å². The number of hydrogen-bond acceptors (Lipinski definition) is 3. The van der Waals surface area contributed by atoms with Crippen molar-refractivity contribution >= 4 is 40.8 Å².